The van der Waals surface area contributed by atoms with Crippen LogP contribution in [-0.2, 0) is 16.1 Å². The molecule has 1 aromatic heterocycles. The molecule has 0 radical (unpaired) electrons. The Bertz CT molecular complexity index is 464. The SMILES string of the molecule is CCCN(Cc1ncccc1C)C1COCC1C(=O)O. The number of carboxylic acids is 1. The second-order valence-corrected chi connectivity index (χ2v) is 5.29. The Kier molecular flexibility index (Phi) is 5.09. The van der Waals surface area contributed by atoms with Gasteiger partial charge in [-0.1, -0.05) is 13.0 Å². The van der Waals surface area contributed by atoms with E-state index in [4.69, 9.17) is 4.74 Å². The van der Waals surface area contributed by atoms with Gasteiger partial charge in [0.2, 0.25) is 0 Å². The van der Waals surface area contributed by atoms with E-state index in [0.29, 0.717) is 19.8 Å². The number of nitrogens with zero attached hydrogens (tertiary/aromatic N) is 2. The van der Waals surface area contributed by atoms with Crippen molar-refractivity contribution in [1.29, 1.82) is 0 Å². The molecule has 0 aromatic carbocycles. The number of hydrogen-bond acceptors (Lipinski definition) is 4. The minimum Gasteiger partial charge on any atom is -0.481 e. The maximum absolute atomic E-state index is 11.3. The molecule has 5 nitrogen and oxygen atoms in total. The summed E-state index contributed by atoms with van der Waals surface area (Å²) in [5.41, 5.74) is 2.15. The van der Waals surface area contributed by atoms with Crippen molar-refractivity contribution in [1.82, 2.24) is 9.88 Å². The molecule has 2 heterocycles. The van der Waals surface area contributed by atoms with Gasteiger partial charge in [-0.05, 0) is 31.5 Å². The van der Waals surface area contributed by atoms with E-state index in [2.05, 4.69) is 16.8 Å². The number of carbonyl (C=O) groups is 1. The molecule has 1 aliphatic rings. The van der Waals surface area contributed by atoms with Crippen LogP contribution in [0.4, 0.5) is 0 Å². The van der Waals surface area contributed by atoms with Crippen molar-refractivity contribution in [2.75, 3.05) is 19.8 Å². The lowest BCUT2D eigenvalue weighted by atomic mass is 10.0. The number of aryl methyl sites for hydroxylation is 1. The summed E-state index contributed by atoms with van der Waals surface area (Å²) in [7, 11) is 0. The second kappa shape index (κ2) is 6.81. The van der Waals surface area contributed by atoms with E-state index in [1.54, 1.807) is 6.20 Å². The van der Waals surface area contributed by atoms with Gasteiger partial charge in [0.05, 0.1) is 24.8 Å². The molecule has 1 fully saturated rings. The highest BCUT2D eigenvalue weighted by Gasteiger charge is 2.37. The van der Waals surface area contributed by atoms with E-state index < -0.39 is 11.9 Å². The van der Waals surface area contributed by atoms with Gasteiger partial charge in [-0.2, -0.15) is 0 Å². The average Bonchev–Trinajstić information content (AvgIpc) is 2.90. The Morgan fingerprint density at radius 3 is 3.00 bits per heavy atom. The molecule has 0 bridgehead atoms. The number of pyridine rings is 1. The molecule has 0 amide bonds. The molecule has 1 aromatic rings. The second-order valence-electron chi connectivity index (χ2n) is 5.29. The van der Waals surface area contributed by atoms with E-state index in [1.807, 2.05) is 19.1 Å². The van der Waals surface area contributed by atoms with Gasteiger partial charge in [-0.25, -0.2) is 0 Å². The van der Waals surface area contributed by atoms with Crippen molar-refractivity contribution in [3.8, 4) is 0 Å². The fraction of sp³-hybridized carbons (Fsp3) is 0.600. The van der Waals surface area contributed by atoms with Gasteiger partial charge in [0.15, 0.2) is 0 Å². The van der Waals surface area contributed by atoms with Gasteiger partial charge in [0, 0.05) is 18.8 Å². The standard InChI is InChI=1S/C15H22N2O3/c1-3-7-17(8-13-11(2)5-4-6-16-13)14-10-20-9-12(14)15(18)19/h4-6,12,14H,3,7-10H2,1-2H3,(H,18,19). The Hall–Kier alpha value is -1.46. The van der Waals surface area contributed by atoms with Crippen molar-refractivity contribution in [2.24, 2.45) is 5.92 Å². The van der Waals surface area contributed by atoms with Crippen LogP contribution in [0.5, 0.6) is 0 Å². The number of rotatable bonds is 6. The van der Waals surface area contributed by atoms with Crippen LogP contribution in [0.1, 0.15) is 24.6 Å². The number of ether oxygens (including phenoxy) is 1. The minimum absolute atomic E-state index is 0.0612. The zero-order valence-corrected chi connectivity index (χ0v) is 12.1. The summed E-state index contributed by atoms with van der Waals surface area (Å²) in [6, 6.07) is 3.89. The zero-order chi connectivity index (χ0) is 14.5. The molecular weight excluding hydrogens is 256 g/mol. The predicted molar refractivity (Wildman–Crippen MR) is 75.4 cm³/mol. The normalized spacial score (nSPS) is 22.4. The molecule has 0 spiro atoms. The van der Waals surface area contributed by atoms with Gasteiger partial charge in [-0.15, -0.1) is 0 Å². The van der Waals surface area contributed by atoms with Gasteiger partial charge in [-0.3, -0.25) is 14.7 Å². The van der Waals surface area contributed by atoms with Gasteiger partial charge < -0.3 is 9.84 Å². The first-order valence-corrected chi connectivity index (χ1v) is 7.08. The highest BCUT2D eigenvalue weighted by atomic mass is 16.5. The van der Waals surface area contributed by atoms with E-state index in [1.165, 1.54) is 0 Å². The molecule has 5 heteroatoms. The molecule has 2 rings (SSSR count). The Labute approximate surface area is 119 Å². The van der Waals surface area contributed by atoms with Crippen molar-refractivity contribution < 1.29 is 14.6 Å². The van der Waals surface area contributed by atoms with E-state index in [0.717, 1.165) is 24.2 Å². The largest absolute Gasteiger partial charge is 0.481 e. The summed E-state index contributed by atoms with van der Waals surface area (Å²) in [6.07, 6.45) is 2.76. The van der Waals surface area contributed by atoms with Crippen LogP contribution < -0.4 is 0 Å². The van der Waals surface area contributed by atoms with E-state index in [9.17, 15) is 9.90 Å². The summed E-state index contributed by atoms with van der Waals surface area (Å²) in [5, 5.41) is 9.30. The molecular formula is C15H22N2O3. The first kappa shape index (κ1) is 14.9. The van der Waals surface area contributed by atoms with Crippen molar-refractivity contribution in [2.45, 2.75) is 32.9 Å². The molecule has 0 saturated carbocycles. The van der Waals surface area contributed by atoms with E-state index >= 15 is 0 Å². The summed E-state index contributed by atoms with van der Waals surface area (Å²) >= 11 is 0. The topological polar surface area (TPSA) is 62.7 Å². The van der Waals surface area contributed by atoms with Crippen LogP contribution in [0.3, 0.4) is 0 Å². The third kappa shape index (κ3) is 3.35. The molecule has 1 saturated heterocycles. The van der Waals surface area contributed by atoms with Crippen molar-refractivity contribution >= 4 is 5.97 Å². The summed E-state index contributed by atoms with van der Waals surface area (Å²) in [5.74, 6) is -1.21. The van der Waals surface area contributed by atoms with Crippen molar-refractivity contribution in [3.05, 3.63) is 29.6 Å². The fourth-order valence-electron chi connectivity index (χ4n) is 2.66. The van der Waals surface area contributed by atoms with Crippen LogP contribution in [0.15, 0.2) is 18.3 Å². The Morgan fingerprint density at radius 1 is 1.55 bits per heavy atom. The van der Waals surface area contributed by atoms with Crippen LogP contribution >= 0.6 is 0 Å². The monoisotopic (exact) mass is 278 g/mol. The molecule has 1 aliphatic heterocycles. The molecule has 110 valence electrons. The fourth-order valence-corrected chi connectivity index (χ4v) is 2.66. The first-order valence-electron chi connectivity index (χ1n) is 7.08. The van der Waals surface area contributed by atoms with Crippen LogP contribution in [0, 0.1) is 12.8 Å². The average molecular weight is 278 g/mol. The molecule has 0 aliphatic carbocycles. The van der Waals surface area contributed by atoms with Gasteiger partial charge in [0.25, 0.3) is 0 Å². The predicted octanol–water partition coefficient (Wildman–Crippen LogP) is 1.70. The number of carboxylic acid groups (broad SMARTS) is 1. The molecule has 1 N–H and O–H groups in total. The quantitative estimate of drug-likeness (QED) is 0.858. The van der Waals surface area contributed by atoms with Crippen molar-refractivity contribution in [3.63, 3.8) is 0 Å². The highest BCUT2D eigenvalue weighted by Crippen LogP contribution is 2.22. The lowest BCUT2D eigenvalue weighted by molar-refractivity contribution is -0.143. The first-order chi connectivity index (χ1) is 9.63. The van der Waals surface area contributed by atoms with Gasteiger partial charge >= 0.3 is 5.97 Å². The number of aromatic nitrogens is 1. The Morgan fingerprint density at radius 2 is 2.35 bits per heavy atom. The number of aliphatic carboxylic acids is 1. The molecule has 2 atom stereocenters. The van der Waals surface area contributed by atoms with E-state index in [-0.39, 0.29) is 6.04 Å². The third-order valence-corrected chi connectivity index (χ3v) is 3.82. The Balaban J connectivity index is 2.14. The minimum atomic E-state index is -0.772. The maximum atomic E-state index is 11.3. The molecule has 2 unspecified atom stereocenters. The highest BCUT2D eigenvalue weighted by molar-refractivity contribution is 5.71. The summed E-state index contributed by atoms with van der Waals surface area (Å²) < 4.78 is 5.38. The van der Waals surface area contributed by atoms with Crippen LogP contribution in [0.2, 0.25) is 0 Å². The maximum Gasteiger partial charge on any atom is 0.310 e. The van der Waals surface area contributed by atoms with Gasteiger partial charge in [0.1, 0.15) is 0 Å². The molecule has 20 heavy (non-hydrogen) atoms. The summed E-state index contributed by atoms with van der Waals surface area (Å²) in [6.45, 7) is 6.46. The smallest absolute Gasteiger partial charge is 0.310 e. The van der Waals surface area contributed by atoms with Crippen LogP contribution in [0.25, 0.3) is 0 Å². The summed E-state index contributed by atoms with van der Waals surface area (Å²) in [4.78, 5) is 17.9. The third-order valence-electron chi connectivity index (χ3n) is 3.82. The zero-order valence-electron chi connectivity index (χ0n) is 12.1. The lowest BCUT2D eigenvalue weighted by Crippen LogP contribution is -2.43. The van der Waals surface area contributed by atoms with Crippen LogP contribution in [-0.4, -0.2) is 46.8 Å². The number of hydrogen-bond donors (Lipinski definition) is 1. The lowest BCUT2D eigenvalue weighted by Gasteiger charge is -2.30.